The van der Waals surface area contributed by atoms with E-state index < -0.39 is 7.82 Å². The number of aliphatic hydroxyl groups excluding tert-OH is 1. The highest BCUT2D eigenvalue weighted by Crippen LogP contribution is 2.42. The zero-order chi connectivity index (χ0) is 13.7. The van der Waals surface area contributed by atoms with Gasteiger partial charge in [-0.2, -0.15) is 0 Å². The quantitative estimate of drug-likeness (QED) is 0.384. The van der Waals surface area contributed by atoms with Gasteiger partial charge in [-0.15, -0.1) is 0 Å². The fraction of sp³-hybridized carbons (Fsp3) is 1.00. The van der Waals surface area contributed by atoms with Crippen molar-refractivity contribution >= 4 is 7.82 Å². The Balaban J connectivity index is 3.33. The molecule has 0 amide bonds. The summed E-state index contributed by atoms with van der Waals surface area (Å²) in [6.07, 6.45) is 1.60. The molecule has 0 rings (SSSR count). The van der Waals surface area contributed by atoms with Gasteiger partial charge >= 0.3 is 7.82 Å². The van der Waals surface area contributed by atoms with Gasteiger partial charge in [0.15, 0.2) is 0 Å². The van der Waals surface area contributed by atoms with Crippen LogP contribution < -0.4 is 0 Å². The highest BCUT2D eigenvalue weighted by atomic mass is 31.2. The third-order valence-electron chi connectivity index (χ3n) is 1.84. The maximum Gasteiger partial charge on any atom is 0.472 e. The lowest BCUT2D eigenvalue weighted by atomic mass is 10.4. The summed E-state index contributed by atoms with van der Waals surface area (Å²) in [5, 5.41) is 8.43. The van der Waals surface area contributed by atoms with E-state index in [1.54, 1.807) is 0 Å². The molecule has 7 nitrogen and oxygen atoms in total. The minimum absolute atomic E-state index is 0.0140. The number of aliphatic hydroxyl groups is 1. The second-order valence-corrected chi connectivity index (χ2v) is 4.89. The van der Waals surface area contributed by atoms with Gasteiger partial charge in [0, 0.05) is 0 Å². The van der Waals surface area contributed by atoms with Crippen LogP contribution in [0, 0.1) is 0 Å². The maximum absolute atomic E-state index is 11.3. The molecule has 1 atom stereocenters. The van der Waals surface area contributed by atoms with E-state index in [2.05, 4.69) is 4.52 Å². The highest BCUT2D eigenvalue weighted by Gasteiger charge is 2.19. The predicted molar refractivity (Wildman–Crippen MR) is 65.4 cm³/mol. The average molecular weight is 286 g/mol. The number of unbranched alkanes of at least 4 members (excludes halogenated alkanes) is 1. The fourth-order valence-electron chi connectivity index (χ4n) is 0.960. The minimum Gasteiger partial charge on any atom is -0.394 e. The van der Waals surface area contributed by atoms with E-state index in [0.29, 0.717) is 19.6 Å². The molecule has 8 heteroatoms. The second-order valence-electron chi connectivity index (χ2n) is 3.44. The smallest absolute Gasteiger partial charge is 0.394 e. The van der Waals surface area contributed by atoms with E-state index in [4.69, 9.17) is 19.1 Å². The summed E-state index contributed by atoms with van der Waals surface area (Å²) in [7, 11) is -3.93. The predicted octanol–water partition coefficient (Wildman–Crippen LogP) is 0.946. The molecule has 0 heterocycles. The Hall–Kier alpha value is -0.0100. The van der Waals surface area contributed by atoms with Crippen molar-refractivity contribution in [1.29, 1.82) is 0 Å². The minimum atomic E-state index is -3.93. The van der Waals surface area contributed by atoms with Gasteiger partial charge in [-0.1, -0.05) is 13.3 Å². The molecule has 110 valence electrons. The van der Waals surface area contributed by atoms with Crippen molar-refractivity contribution in [2.45, 2.75) is 19.8 Å². The molecule has 2 N–H and O–H groups in total. The summed E-state index contributed by atoms with van der Waals surface area (Å²) in [5.74, 6) is 0. The van der Waals surface area contributed by atoms with E-state index in [1.807, 2.05) is 6.92 Å². The lowest BCUT2D eigenvalue weighted by molar-refractivity contribution is 0.0201. The molecule has 0 bridgehead atoms. The Morgan fingerprint density at radius 2 is 1.50 bits per heavy atom. The third kappa shape index (κ3) is 12.4. The summed E-state index contributed by atoms with van der Waals surface area (Å²) >= 11 is 0. The summed E-state index contributed by atoms with van der Waals surface area (Å²) in [5.41, 5.74) is 0. The SMILES string of the molecule is CCCCOP(=O)(O)OCCOCCOCCO. The Labute approximate surface area is 108 Å². The molecule has 0 radical (unpaired) electrons. The van der Waals surface area contributed by atoms with Gasteiger partial charge in [0.05, 0.1) is 46.2 Å². The molecule has 0 saturated heterocycles. The number of phosphoric acid groups is 1. The normalized spacial score (nSPS) is 14.6. The van der Waals surface area contributed by atoms with Crippen LogP contribution in [-0.2, 0) is 23.1 Å². The first kappa shape index (κ1) is 18.0. The number of phosphoric ester groups is 1. The van der Waals surface area contributed by atoms with Gasteiger partial charge in [0.2, 0.25) is 0 Å². The molecule has 0 fully saturated rings. The van der Waals surface area contributed by atoms with Crippen molar-refractivity contribution in [2.75, 3.05) is 46.2 Å². The Kier molecular flexibility index (Phi) is 12.0. The van der Waals surface area contributed by atoms with Gasteiger partial charge in [0.1, 0.15) is 0 Å². The molecule has 0 aromatic carbocycles. The topological polar surface area (TPSA) is 94.5 Å². The summed E-state index contributed by atoms with van der Waals surface area (Å²) in [4.78, 5) is 9.22. The van der Waals surface area contributed by atoms with Crippen molar-refractivity contribution < 1.29 is 33.1 Å². The molecule has 0 spiro atoms. The molecular weight excluding hydrogens is 263 g/mol. The van der Waals surface area contributed by atoms with E-state index in [-0.39, 0.29) is 33.0 Å². The molecule has 0 saturated carbocycles. The maximum atomic E-state index is 11.3. The van der Waals surface area contributed by atoms with E-state index >= 15 is 0 Å². The van der Waals surface area contributed by atoms with Crippen molar-refractivity contribution in [3.8, 4) is 0 Å². The Morgan fingerprint density at radius 3 is 2.11 bits per heavy atom. The number of ether oxygens (including phenoxy) is 2. The molecule has 0 aliphatic rings. The van der Waals surface area contributed by atoms with Crippen LogP contribution >= 0.6 is 7.82 Å². The third-order valence-corrected chi connectivity index (χ3v) is 2.86. The molecule has 0 aliphatic heterocycles. The molecule has 0 aromatic heterocycles. The van der Waals surface area contributed by atoms with Crippen LogP contribution in [0.2, 0.25) is 0 Å². The van der Waals surface area contributed by atoms with Crippen LogP contribution in [0.15, 0.2) is 0 Å². The number of hydrogen-bond donors (Lipinski definition) is 2. The Morgan fingerprint density at radius 1 is 0.944 bits per heavy atom. The van der Waals surface area contributed by atoms with Crippen LogP contribution in [0.4, 0.5) is 0 Å². The lowest BCUT2D eigenvalue weighted by Crippen LogP contribution is -2.10. The van der Waals surface area contributed by atoms with Crippen molar-refractivity contribution in [3.63, 3.8) is 0 Å². The largest absolute Gasteiger partial charge is 0.472 e. The second kappa shape index (κ2) is 12.0. The van der Waals surface area contributed by atoms with Gasteiger partial charge in [0.25, 0.3) is 0 Å². The van der Waals surface area contributed by atoms with Crippen molar-refractivity contribution in [2.24, 2.45) is 0 Å². The molecule has 0 aliphatic carbocycles. The van der Waals surface area contributed by atoms with Gasteiger partial charge in [-0.25, -0.2) is 4.57 Å². The highest BCUT2D eigenvalue weighted by molar-refractivity contribution is 7.47. The van der Waals surface area contributed by atoms with Crippen molar-refractivity contribution in [1.82, 2.24) is 0 Å². The zero-order valence-corrected chi connectivity index (χ0v) is 11.6. The van der Waals surface area contributed by atoms with Crippen LogP contribution in [0.3, 0.4) is 0 Å². The van der Waals surface area contributed by atoms with E-state index in [1.165, 1.54) is 0 Å². The average Bonchev–Trinajstić information content (AvgIpc) is 2.33. The summed E-state index contributed by atoms with van der Waals surface area (Å²) in [6.45, 7) is 3.30. The van der Waals surface area contributed by atoms with Gasteiger partial charge in [-0.3, -0.25) is 9.05 Å². The Bertz CT molecular complexity index is 224. The van der Waals surface area contributed by atoms with Crippen LogP contribution in [0.5, 0.6) is 0 Å². The van der Waals surface area contributed by atoms with Crippen LogP contribution in [0.25, 0.3) is 0 Å². The standard InChI is InChI=1S/C10H23O7P/c1-2-3-5-16-18(12,13)17-10-9-15-8-7-14-6-4-11/h11H,2-10H2,1H3,(H,12,13). The van der Waals surface area contributed by atoms with E-state index in [0.717, 1.165) is 6.42 Å². The van der Waals surface area contributed by atoms with Crippen LogP contribution in [0.1, 0.15) is 19.8 Å². The van der Waals surface area contributed by atoms with E-state index in [9.17, 15) is 9.46 Å². The first-order chi connectivity index (χ1) is 8.62. The molecule has 0 aromatic rings. The fourth-order valence-corrected chi connectivity index (χ4v) is 1.70. The molecule has 1 unspecified atom stereocenters. The zero-order valence-electron chi connectivity index (χ0n) is 10.7. The lowest BCUT2D eigenvalue weighted by Gasteiger charge is -2.11. The first-order valence-corrected chi connectivity index (χ1v) is 7.50. The summed E-state index contributed by atoms with van der Waals surface area (Å²) in [6, 6.07) is 0. The monoisotopic (exact) mass is 286 g/mol. The number of rotatable bonds is 13. The molecule has 18 heavy (non-hydrogen) atoms. The number of hydrogen-bond acceptors (Lipinski definition) is 6. The van der Waals surface area contributed by atoms with Crippen LogP contribution in [-0.4, -0.2) is 56.2 Å². The molecular formula is C10H23O7P. The summed E-state index contributed by atoms with van der Waals surface area (Å²) < 4.78 is 30.7. The first-order valence-electron chi connectivity index (χ1n) is 6.00. The van der Waals surface area contributed by atoms with Crippen molar-refractivity contribution in [3.05, 3.63) is 0 Å². The van der Waals surface area contributed by atoms with Gasteiger partial charge < -0.3 is 19.5 Å². The van der Waals surface area contributed by atoms with Gasteiger partial charge in [-0.05, 0) is 6.42 Å².